The summed E-state index contributed by atoms with van der Waals surface area (Å²) >= 11 is 0. The summed E-state index contributed by atoms with van der Waals surface area (Å²) in [7, 11) is 0. The van der Waals surface area contributed by atoms with Crippen LogP contribution in [0.15, 0.2) is 24.3 Å². The molecule has 4 atom stereocenters. The van der Waals surface area contributed by atoms with Gasteiger partial charge in [0.2, 0.25) is 0 Å². The Morgan fingerprint density at radius 1 is 1.10 bits per heavy atom. The van der Waals surface area contributed by atoms with Gasteiger partial charge in [0.25, 0.3) is 0 Å². The second-order valence-corrected chi connectivity index (χ2v) is 6.90. The minimum atomic E-state index is -0.227. The van der Waals surface area contributed by atoms with E-state index in [1.54, 1.807) is 0 Å². The second-order valence-electron chi connectivity index (χ2n) is 6.90. The molecule has 1 nitrogen and oxygen atoms in total. The van der Waals surface area contributed by atoms with Crippen molar-refractivity contribution in [2.24, 2.45) is 17.8 Å². The SMILES string of the molecule is CCC1CCCC(C2CCCc3ccccc3C2O)C1. The highest BCUT2D eigenvalue weighted by atomic mass is 16.3. The molecule has 3 rings (SSSR count). The third-order valence-corrected chi connectivity index (χ3v) is 5.77. The van der Waals surface area contributed by atoms with Crippen LogP contribution in [0.5, 0.6) is 0 Å². The molecule has 20 heavy (non-hydrogen) atoms. The highest BCUT2D eigenvalue weighted by Gasteiger charge is 2.34. The van der Waals surface area contributed by atoms with E-state index in [0.29, 0.717) is 5.92 Å². The largest absolute Gasteiger partial charge is 0.388 e. The highest BCUT2D eigenvalue weighted by Crippen LogP contribution is 2.44. The van der Waals surface area contributed by atoms with Crippen molar-refractivity contribution < 1.29 is 5.11 Å². The van der Waals surface area contributed by atoms with Gasteiger partial charge in [0.1, 0.15) is 0 Å². The smallest absolute Gasteiger partial charge is 0.0823 e. The second kappa shape index (κ2) is 6.30. The Balaban J connectivity index is 1.80. The van der Waals surface area contributed by atoms with Gasteiger partial charge in [-0.1, -0.05) is 56.9 Å². The van der Waals surface area contributed by atoms with E-state index in [1.807, 2.05) is 0 Å². The summed E-state index contributed by atoms with van der Waals surface area (Å²) in [5.41, 5.74) is 2.60. The lowest BCUT2D eigenvalue weighted by Gasteiger charge is -2.36. The number of aliphatic hydroxyl groups is 1. The first kappa shape index (κ1) is 14.1. The van der Waals surface area contributed by atoms with Crippen LogP contribution >= 0.6 is 0 Å². The predicted molar refractivity (Wildman–Crippen MR) is 83.6 cm³/mol. The fourth-order valence-corrected chi connectivity index (χ4v) is 4.55. The maximum Gasteiger partial charge on any atom is 0.0823 e. The topological polar surface area (TPSA) is 20.2 Å². The van der Waals surface area contributed by atoms with Crippen LogP contribution in [0.4, 0.5) is 0 Å². The quantitative estimate of drug-likeness (QED) is 0.760. The molecular weight excluding hydrogens is 244 g/mol. The van der Waals surface area contributed by atoms with Gasteiger partial charge in [-0.2, -0.15) is 0 Å². The number of rotatable bonds is 2. The molecule has 1 N–H and O–H groups in total. The Morgan fingerprint density at radius 3 is 2.80 bits per heavy atom. The number of aliphatic hydroxyl groups excluding tert-OH is 1. The first-order valence-electron chi connectivity index (χ1n) is 8.55. The number of fused-ring (bicyclic) bond motifs is 1. The van der Waals surface area contributed by atoms with Crippen molar-refractivity contribution in [3.8, 4) is 0 Å². The van der Waals surface area contributed by atoms with Crippen LogP contribution in [-0.2, 0) is 6.42 Å². The Bertz CT molecular complexity index is 439. The molecule has 0 amide bonds. The third-order valence-electron chi connectivity index (χ3n) is 5.77. The van der Waals surface area contributed by atoms with Gasteiger partial charge in [0, 0.05) is 0 Å². The van der Waals surface area contributed by atoms with Crippen molar-refractivity contribution in [3.05, 3.63) is 35.4 Å². The third kappa shape index (κ3) is 2.79. The number of benzene rings is 1. The lowest BCUT2D eigenvalue weighted by molar-refractivity contribution is 0.0439. The highest BCUT2D eigenvalue weighted by molar-refractivity contribution is 5.30. The Morgan fingerprint density at radius 2 is 1.95 bits per heavy atom. The van der Waals surface area contributed by atoms with E-state index in [-0.39, 0.29) is 6.10 Å². The Kier molecular flexibility index (Phi) is 4.45. The molecule has 0 radical (unpaired) electrons. The molecule has 1 aromatic rings. The summed E-state index contributed by atoms with van der Waals surface area (Å²) in [5, 5.41) is 10.9. The van der Waals surface area contributed by atoms with Crippen LogP contribution in [-0.4, -0.2) is 5.11 Å². The molecule has 0 saturated heterocycles. The molecule has 0 spiro atoms. The van der Waals surface area contributed by atoms with Crippen LogP contribution in [0.2, 0.25) is 0 Å². The standard InChI is InChI=1S/C19H28O/c1-2-14-7-5-10-16(13-14)18-12-6-9-15-8-3-4-11-17(15)19(18)20/h3-4,8,11,14,16,18-20H,2,5-7,9-10,12-13H2,1H3. The monoisotopic (exact) mass is 272 g/mol. The molecule has 0 heterocycles. The molecule has 1 aromatic carbocycles. The molecule has 4 unspecified atom stereocenters. The van der Waals surface area contributed by atoms with E-state index in [0.717, 1.165) is 18.3 Å². The van der Waals surface area contributed by atoms with Crippen molar-refractivity contribution in [3.63, 3.8) is 0 Å². The molecule has 2 aliphatic rings. The Labute approximate surface area is 123 Å². The van der Waals surface area contributed by atoms with Gasteiger partial charge in [-0.05, 0) is 54.6 Å². The zero-order valence-electron chi connectivity index (χ0n) is 12.7. The van der Waals surface area contributed by atoms with Crippen LogP contribution in [0, 0.1) is 17.8 Å². The average molecular weight is 272 g/mol. The lowest BCUT2D eigenvalue weighted by Crippen LogP contribution is -2.27. The molecular formula is C19H28O. The van der Waals surface area contributed by atoms with E-state index < -0.39 is 0 Å². The maximum absolute atomic E-state index is 10.9. The zero-order chi connectivity index (χ0) is 13.9. The van der Waals surface area contributed by atoms with Gasteiger partial charge >= 0.3 is 0 Å². The van der Waals surface area contributed by atoms with Crippen LogP contribution in [0.1, 0.15) is 69.1 Å². The van der Waals surface area contributed by atoms with Gasteiger partial charge in [0.15, 0.2) is 0 Å². The number of aryl methyl sites for hydroxylation is 1. The van der Waals surface area contributed by atoms with E-state index >= 15 is 0 Å². The molecule has 110 valence electrons. The fraction of sp³-hybridized carbons (Fsp3) is 0.684. The summed E-state index contributed by atoms with van der Waals surface area (Å²) in [6, 6.07) is 8.55. The summed E-state index contributed by atoms with van der Waals surface area (Å²) < 4.78 is 0. The normalized spacial score (nSPS) is 34.3. The van der Waals surface area contributed by atoms with E-state index in [1.165, 1.54) is 56.1 Å². The van der Waals surface area contributed by atoms with Gasteiger partial charge in [-0.3, -0.25) is 0 Å². The summed E-state index contributed by atoms with van der Waals surface area (Å²) in [6.45, 7) is 2.33. The van der Waals surface area contributed by atoms with Gasteiger partial charge in [0.05, 0.1) is 6.10 Å². The summed E-state index contributed by atoms with van der Waals surface area (Å²) in [4.78, 5) is 0. The first-order valence-corrected chi connectivity index (χ1v) is 8.55. The molecule has 1 fully saturated rings. The van der Waals surface area contributed by atoms with Crippen molar-refractivity contribution in [1.82, 2.24) is 0 Å². The van der Waals surface area contributed by atoms with Crippen molar-refractivity contribution >= 4 is 0 Å². The average Bonchev–Trinajstić information content (AvgIpc) is 2.67. The minimum absolute atomic E-state index is 0.227. The van der Waals surface area contributed by atoms with Crippen molar-refractivity contribution in [1.29, 1.82) is 0 Å². The van der Waals surface area contributed by atoms with Gasteiger partial charge in [-0.25, -0.2) is 0 Å². The minimum Gasteiger partial charge on any atom is -0.388 e. The zero-order valence-corrected chi connectivity index (χ0v) is 12.7. The molecule has 0 aromatic heterocycles. The van der Waals surface area contributed by atoms with Crippen LogP contribution in [0.25, 0.3) is 0 Å². The van der Waals surface area contributed by atoms with E-state index in [9.17, 15) is 5.11 Å². The Hall–Kier alpha value is -0.820. The van der Waals surface area contributed by atoms with E-state index in [2.05, 4.69) is 31.2 Å². The summed E-state index contributed by atoms with van der Waals surface area (Å²) in [5.74, 6) is 2.14. The van der Waals surface area contributed by atoms with Crippen molar-refractivity contribution in [2.75, 3.05) is 0 Å². The molecule has 1 heteroatoms. The van der Waals surface area contributed by atoms with Gasteiger partial charge in [-0.15, -0.1) is 0 Å². The van der Waals surface area contributed by atoms with E-state index in [4.69, 9.17) is 0 Å². The van der Waals surface area contributed by atoms with Crippen LogP contribution in [0.3, 0.4) is 0 Å². The summed E-state index contributed by atoms with van der Waals surface area (Å²) in [6.07, 6.45) is 10.1. The van der Waals surface area contributed by atoms with Crippen LogP contribution < -0.4 is 0 Å². The molecule has 1 saturated carbocycles. The lowest BCUT2D eigenvalue weighted by atomic mass is 9.71. The molecule has 0 aliphatic heterocycles. The predicted octanol–water partition coefficient (Wildman–Crippen LogP) is 4.89. The van der Waals surface area contributed by atoms with Gasteiger partial charge < -0.3 is 5.11 Å². The molecule has 2 aliphatic carbocycles. The first-order chi connectivity index (χ1) is 9.79. The van der Waals surface area contributed by atoms with Crippen molar-refractivity contribution in [2.45, 2.75) is 64.4 Å². The number of hydrogen-bond donors (Lipinski definition) is 1. The number of hydrogen-bond acceptors (Lipinski definition) is 1. The molecule has 0 bridgehead atoms. The maximum atomic E-state index is 10.9. The fourth-order valence-electron chi connectivity index (χ4n) is 4.55.